The lowest BCUT2D eigenvalue weighted by Crippen LogP contribution is -1.94. The van der Waals surface area contributed by atoms with Crippen molar-refractivity contribution >= 4 is 5.69 Å². The monoisotopic (exact) mass is 255 g/mol. The second-order valence-electron chi connectivity index (χ2n) is 4.95. The third kappa shape index (κ3) is 2.90. The van der Waals surface area contributed by atoms with Gasteiger partial charge in [-0.3, -0.25) is 0 Å². The van der Waals surface area contributed by atoms with E-state index in [0.29, 0.717) is 5.92 Å². The molecule has 0 heterocycles. The molecule has 2 rings (SSSR count). The van der Waals surface area contributed by atoms with Gasteiger partial charge in [-0.25, -0.2) is 0 Å². The van der Waals surface area contributed by atoms with E-state index in [9.17, 15) is 0 Å². The number of rotatable bonds is 4. The van der Waals surface area contributed by atoms with Gasteiger partial charge in [-0.1, -0.05) is 38.1 Å². The molecule has 0 aromatic heterocycles. The Labute approximate surface area is 115 Å². The minimum absolute atomic E-state index is 0.506. The predicted octanol–water partition coefficient (Wildman–Crippen LogP) is 4.53. The molecule has 2 nitrogen and oxygen atoms in total. The van der Waals surface area contributed by atoms with E-state index < -0.39 is 0 Å². The zero-order chi connectivity index (χ0) is 13.8. The standard InChI is InChI=1S/C17H21NO/c1-12(2)13-8-9-16(17(11-13)19-4)14-6-5-7-15(10-14)18-3/h5-12,18H,1-4H3. The second kappa shape index (κ2) is 5.79. The predicted molar refractivity (Wildman–Crippen MR) is 82.1 cm³/mol. The summed E-state index contributed by atoms with van der Waals surface area (Å²) in [5, 5.41) is 3.16. The van der Waals surface area contributed by atoms with Gasteiger partial charge in [0.25, 0.3) is 0 Å². The van der Waals surface area contributed by atoms with Crippen LogP contribution in [0.15, 0.2) is 42.5 Å². The van der Waals surface area contributed by atoms with Crippen LogP contribution in [0.5, 0.6) is 5.75 Å². The Bertz CT molecular complexity index is 561. The Hall–Kier alpha value is -1.96. The minimum Gasteiger partial charge on any atom is -0.496 e. The van der Waals surface area contributed by atoms with Crippen LogP contribution in [0.4, 0.5) is 5.69 Å². The fourth-order valence-corrected chi connectivity index (χ4v) is 2.15. The smallest absolute Gasteiger partial charge is 0.126 e. The number of anilines is 1. The largest absolute Gasteiger partial charge is 0.496 e. The first-order valence-electron chi connectivity index (χ1n) is 6.62. The molecule has 0 amide bonds. The van der Waals surface area contributed by atoms with Crippen molar-refractivity contribution in [2.75, 3.05) is 19.5 Å². The molecule has 0 atom stereocenters. The molecular formula is C17H21NO. The highest BCUT2D eigenvalue weighted by Crippen LogP contribution is 2.33. The lowest BCUT2D eigenvalue weighted by atomic mass is 9.97. The molecule has 0 radical (unpaired) electrons. The second-order valence-corrected chi connectivity index (χ2v) is 4.95. The highest BCUT2D eigenvalue weighted by Gasteiger charge is 2.09. The van der Waals surface area contributed by atoms with E-state index in [4.69, 9.17) is 4.74 Å². The average Bonchev–Trinajstić information content (AvgIpc) is 2.46. The first-order valence-corrected chi connectivity index (χ1v) is 6.62. The van der Waals surface area contributed by atoms with Gasteiger partial charge in [-0.15, -0.1) is 0 Å². The van der Waals surface area contributed by atoms with Crippen molar-refractivity contribution in [1.82, 2.24) is 0 Å². The van der Waals surface area contributed by atoms with Crippen molar-refractivity contribution in [2.45, 2.75) is 19.8 Å². The number of hydrogen-bond donors (Lipinski definition) is 1. The highest BCUT2D eigenvalue weighted by atomic mass is 16.5. The normalized spacial score (nSPS) is 10.6. The molecule has 100 valence electrons. The molecule has 1 N–H and O–H groups in total. The molecular weight excluding hydrogens is 234 g/mol. The van der Waals surface area contributed by atoms with E-state index in [1.54, 1.807) is 7.11 Å². The number of nitrogens with one attached hydrogen (secondary N) is 1. The van der Waals surface area contributed by atoms with Crippen molar-refractivity contribution in [2.24, 2.45) is 0 Å². The van der Waals surface area contributed by atoms with Crippen LogP contribution in [-0.2, 0) is 0 Å². The van der Waals surface area contributed by atoms with Gasteiger partial charge in [-0.05, 0) is 35.2 Å². The lowest BCUT2D eigenvalue weighted by molar-refractivity contribution is 0.415. The molecule has 2 aromatic rings. The van der Waals surface area contributed by atoms with Gasteiger partial charge in [0.2, 0.25) is 0 Å². The van der Waals surface area contributed by atoms with Gasteiger partial charge >= 0.3 is 0 Å². The fourth-order valence-electron chi connectivity index (χ4n) is 2.15. The topological polar surface area (TPSA) is 21.3 Å². The Morgan fingerprint density at radius 1 is 1.05 bits per heavy atom. The van der Waals surface area contributed by atoms with Crippen molar-refractivity contribution in [3.8, 4) is 16.9 Å². The molecule has 0 bridgehead atoms. The van der Waals surface area contributed by atoms with Gasteiger partial charge in [0.05, 0.1) is 7.11 Å². The van der Waals surface area contributed by atoms with E-state index in [0.717, 1.165) is 17.0 Å². The molecule has 0 spiro atoms. The van der Waals surface area contributed by atoms with E-state index in [1.165, 1.54) is 11.1 Å². The van der Waals surface area contributed by atoms with Crippen LogP contribution < -0.4 is 10.1 Å². The molecule has 0 aliphatic rings. The molecule has 0 saturated carbocycles. The molecule has 2 heteroatoms. The first kappa shape index (κ1) is 13.5. The van der Waals surface area contributed by atoms with Gasteiger partial charge in [-0.2, -0.15) is 0 Å². The zero-order valence-electron chi connectivity index (χ0n) is 12.0. The highest BCUT2D eigenvalue weighted by molar-refractivity contribution is 5.74. The average molecular weight is 255 g/mol. The third-order valence-corrected chi connectivity index (χ3v) is 3.35. The Morgan fingerprint density at radius 3 is 2.47 bits per heavy atom. The van der Waals surface area contributed by atoms with Gasteiger partial charge in [0.1, 0.15) is 5.75 Å². The van der Waals surface area contributed by atoms with Crippen molar-refractivity contribution in [1.29, 1.82) is 0 Å². The fraction of sp³-hybridized carbons (Fsp3) is 0.294. The SMILES string of the molecule is CNc1cccc(-c2ccc(C(C)C)cc2OC)c1. The lowest BCUT2D eigenvalue weighted by Gasteiger charge is -2.13. The Morgan fingerprint density at radius 2 is 1.84 bits per heavy atom. The van der Waals surface area contributed by atoms with Crippen LogP contribution in [0.3, 0.4) is 0 Å². The maximum Gasteiger partial charge on any atom is 0.126 e. The summed E-state index contributed by atoms with van der Waals surface area (Å²) in [4.78, 5) is 0. The van der Waals surface area contributed by atoms with Gasteiger partial charge in [0.15, 0.2) is 0 Å². The maximum atomic E-state index is 5.54. The van der Waals surface area contributed by atoms with E-state index >= 15 is 0 Å². The third-order valence-electron chi connectivity index (χ3n) is 3.35. The Kier molecular flexibility index (Phi) is 4.10. The molecule has 0 fully saturated rings. The summed E-state index contributed by atoms with van der Waals surface area (Å²) < 4.78 is 5.54. The van der Waals surface area contributed by atoms with Crippen LogP contribution in [0.2, 0.25) is 0 Å². The summed E-state index contributed by atoms with van der Waals surface area (Å²) in [5.74, 6) is 1.44. The number of methoxy groups -OCH3 is 1. The minimum atomic E-state index is 0.506. The molecule has 0 unspecified atom stereocenters. The van der Waals surface area contributed by atoms with E-state index in [1.807, 2.05) is 7.05 Å². The van der Waals surface area contributed by atoms with E-state index in [-0.39, 0.29) is 0 Å². The molecule has 0 saturated heterocycles. The molecule has 19 heavy (non-hydrogen) atoms. The van der Waals surface area contributed by atoms with Crippen molar-refractivity contribution in [3.05, 3.63) is 48.0 Å². The van der Waals surface area contributed by atoms with Crippen LogP contribution in [0.25, 0.3) is 11.1 Å². The zero-order valence-corrected chi connectivity index (χ0v) is 12.0. The number of benzene rings is 2. The summed E-state index contributed by atoms with van der Waals surface area (Å²) in [6, 6.07) is 14.8. The van der Waals surface area contributed by atoms with Gasteiger partial charge < -0.3 is 10.1 Å². The summed E-state index contributed by atoms with van der Waals surface area (Å²) in [7, 11) is 3.66. The molecule has 2 aromatic carbocycles. The Balaban J connectivity index is 2.49. The summed E-state index contributed by atoms with van der Waals surface area (Å²) in [5.41, 5.74) is 4.70. The van der Waals surface area contributed by atoms with Gasteiger partial charge in [0, 0.05) is 18.3 Å². The van der Waals surface area contributed by atoms with Crippen LogP contribution in [-0.4, -0.2) is 14.2 Å². The quantitative estimate of drug-likeness (QED) is 0.866. The van der Waals surface area contributed by atoms with E-state index in [2.05, 4.69) is 61.6 Å². The summed E-state index contributed by atoms with van der Waals surface area (Å²) >= 11 is 0. The number of hydrogen-bond acceptors (Lipinski definition) is 2. The summed E-state index contributed by atoms with van der Waals surface area (Å²) in [6.07, 6.45) is 0. The van der Waals surface area contributed by atoms with Crippen LogP contribution >= 0.6 is 0 Å². The molecule has 0 aliphatic carbocycles. The first-order chi connectivity index (χ1) is 9.15. The van der Waals surface area contributed by atoms with Crippen molar-refractivity contribution < 1.29 is 4.74 Å². The maximum absolute atomic E-state index is 5.54. The van der Waals surface area contributed by atoms with Crippen LogP contribution in [0, 0.1) is 0 Å². The summed E-state index contributed by atoms with van der Waals surface area (Å²) in [6.45, 7) is 4.38. The van der Waals surface area contributed by atoms with Crippen LogP contribution in [0.1, 0.15) is 25.3 Å². The van der Waals surface area contributed by atoms with Crippen molar-refractivity contribution in [3.63, 3.8) is 0 Å². The number of ether oxygens (including phenoxy) is 1. The molecule has 0 aliphatic heterocycles.